The predicted octanol–water partition coefficient (Wildman–Crippen LogP) is 2.54. The number of ether oxygens (including phenoxy) is 2. The quantitative estimate of drug-likeness (QED) is 0.490. The van der Waals surface area contributed by atoms with Gasteiger partial charge in [0.15, 0.2) is 6.61 Å². The topological polar surface area (TPSA) is 63.6 Å². The lowest BCUT2D eigenvalue weighted by Gasteiger charge is -2.34. The van der Waals surface area contributed by atoms with E-state index in [2.05, 4.69) is 10.1 Å². The van der Waals surface area contributed by atoms with Gasteiger partial charge in [0.05, 0.1) is 20.4 Å². The Morgan fingerprint density at radius 1 is 1.07 bits per heavy atom. The monoisotopic (exact) mass is 415 g/mol. The molecule has 0 atom stereocenters. The molecule has 160 valence electrons. The highest BCUT2D eigenvalue weighted by molar-refractivity contribution is 5.80. The largest absolute Gasteiger partial charge is 0.497 e. The fraction of sp³-hybridized carbons (Fsp3) is 0.364. The number of carbonyl (C=O) groups excluding carboxylic acids is 1. The van der Waals surface area contributed by atoms with Crippen LogP contribution in [0.2, 0.25) is 0 Å². The Hall–Kier alpha value is -3.13. The first-order chi connectivity index (χ1) is 14.6. The van der Waals surface area contributed by atoms with Gasteiger partial charge in [-0.25, -0.2) is 4.39 Å². The van der Waals surface area contributed by atoms with Gasteiger partial charge in [-0.3, -0.25) is 9.69 Å². The minimum Gasteiger partial charge on any atom is -0.497 e. The molecule has 1 aliphatic rings. The summed E-state index contributed by atoms with van der Waals surface area (Å²) in [4.78, 5) is 21.4. The second-order valence-electron chi connectivity index (χ2n) is 6.89. The summed E-state index contributed by atoms with van der Waals surface area (Å²) in [6, 6.07) is 11.9. The van der Waals surface area contributed by atoms with Crippen molar-refractivity contribution in [2.45, 2.75) is 6.54 Å². The van der Waals surface area contributed by atoms with Gasteiger partial charge >= 0.3 is 0 Å². The molecule has 0 aromatic heterocycles. The minimum absolute atomic E-state index is 0.107. The van der Waals surface area contributed by atoms with Crippen molar-refractivity contribution in [2.24, 2.45) is 5.16 Å². The first-order valence-electron chi connectivity index (χ1n) is 9.71. The molecule has 8 heteroatoms. The van der Waals surface area contributed by atoms with E-state index in [1.54, 1.807) is 31.4 Å². The standard InChI is InChI=1S/C22H26FN3O4/c1-28-20-6-3-17(4-7-20)14-24-30-16-22(27)26-11-9-25(10-12-26)15-18-13-19(23)5-8-21(18)29-2/h3-8,13-14H,9-12,15-16H2,1-2H3/b24-14-. The van der Waals surface area contributed by atoms with Crippen LogP contribution in [0, 0.1) is 5.82 Å². The number of rotatable bonds is 8. The molecule has 0 bridgehead atoms. The first-order valence-corrected chi connectivity index (χ1v) is 9.71. The molecular weight excluding hydrogens is 389 g/mol. The Labute approximate surface area is 175 Å². The lowest BCUT2D eigenvalue weighted by Crippen LogP contribution is -2.49. The number of methoxy groups -OCH3 is 2. The van der Waals surface area contributed by atoms with E-state index in [1.807, 2.05) is 24.3 Å². The summed E-state index contributed by atoms with van der Waals surface area (Å²) in [5, 5.41) is 3.86. The maximum atomic E-state index is 13.5. The highest BCUT2D eigenvalue weighted by Gasteiger charge is 2.22. The fourth-order valence-corrected chi connectivity index (χ4v) is 3.24. The number of nitrogens with zero attached hydrogens (tertiary/aromatic N) is 3. The maximum absolute atomic E-state index is 13.5. The first kappa shape index (κ1) is 21.6. The lowest BCUT2D eigenvalue weighted by molar-refractivity contribution is -0.137. The maximum Gasteiger partial charge on any atom is 0.263 e. The van der Waals surface area contributed by atoms with E-state index in [4.69, 9.17) is 14.3 Å². The van der Waals surface area contributed by atoms with Gasteiger partial charge in [-0.05, 0) is 48.0 Å². The van der Waals surface area contributed by atoms with Gasteiger partial charge in [0, 0.05) is 38.3 Å². The summed E-state index contributed by atoms with van der Waals surface area (Å²) in [6.45, 7) is 3.03. The zero-order valence-corrected chi connectivity index (χ0v) is 17.2. The third-order valence-corrected chi connectivity index (χ3v) is 4.94. The van der Waals surface area contributed by atoms with Crippen LogP contribution < -0.4 is 9.47 Å². The second kappa shape index (κ2) is 10.6. The number of hydrogen-bond donors (Lipinski definition) is 0. The number of amides is 1. The molecule has 1 amide bonds. The number of hydrogen-bond acceptors (Lipinski definition) is 6. The van der Waals surface area contributed by atoms with E-state index in [0.29, 0.717) is 38.5 Å². The van der Waals surface area contributed by atoms with Gasteiger partial charge in [0.2, 0.25) is 0 Å². The smallest absolute Gasteiger partial charge is 0.263 e. The molecule has 3 rings (SSSR count). The van der Waals surface area contributed by atoms with Crippen LogP contribution in [0.5, 0.6) is 11.5 Å². The van der Waals surface area contributed by atoms with E-state index in [1.165, 1.54) is 12.1 Å². The number of benzene rings is 2. The average Bonchev–Trinajstić information content (AvgIpc) is 2.77. The summed E-state index contributed by atoms with van der Waals surface area (Å²) in [7, 11) is 3.18. The van der Waals surface area contributed by atoms with Crippen LogP contribution in [0.15, 0.2) is 47.6 Å². The third-order valence-electron chi connectivity index (χ3n) is 4.94. The van der Waals surface area contributed by atoms with E-state index >= 15 is 0 Å². The highest BCUT2D eigenvalue weighted by Crippen LogP contribution is 2.21. The molecule has 1 saturated heterocycles. The van der Waals surface area contributed by atoms with Gasteiger partial charge in [-0.15, -0.1) is 0 Å². The summed E-state index contributed by atoms with van der Waals surface area (Å²) in [5.41, 5.74) is 1.65. The van der Waals surface area contributed by atoms with Crippen LogP contribution in [-0.4, -0.2) is 68.9 Å². The third kappa shape index (κ3) is 5.93. The molecule has 0 spiro atoms. The van der Waals surface area contributed by atoms with Gasteiger partial charge in [0.1, 0.15) is 17.3 Å². The van der Waals surface area contributed by atoms with E-state index in [-0.39, 0.29) is 18.3 Å². The van der Waals surface area contributed by atoms with Crippen molar-refractivity contribution in [1.29, 1.82) is 0 Å². The van der Waals surface area contributed by atoms with Crippen molar-refractivity contribution in [3.8, 4) is 11.5 Å². The zero-order valence-electron chi connectivity index (χ0n) is 17.2. The molecule has 7 nitrogen and oxygen atoms in total. The van der Waals surface area contributed by atoms with Crippen LogP contribution in [0.25, 0.3) is 0 Å². The summed E-state index contributed by atoms with van der Waals surface area (Å²) < 4.78 is 23.9. The van der Waals surface area contributed by atoms with Crippen LogP contribution in [0.3, 0.4) is 0 Å². The van der Waals surface area contributed by atoms with Crippen molar-refractivity contribution < 1.29 is 23.5 Å². The Balaban J connectivity index is 1.41. The van der Waals surface area contributed by atoms with Crippen molar-refractivity contribution >= 4 is 12.1 Å². The molecule has 2 aromatic carbocycles. The Morgan fingerprint density at radius 2 is 1.80 bits per heavy atom. The van der Waals surface area contributed by atoms with Crippen LogP contribution in [0.4, 0.5) is 4.39 Å². The van der Waals surface area contributed by atoms with Gasteiger partial charge < -0.3 is 19.2 Å². The fourth-order valence-electron chi connectivity index (χ4n) is 3.24. The SMILES string of the molecule is COc1ccc(/C=N\OCC(=O)N2CCN(Cc3cc(F)ccc3OC)CC2)cc1. The molecule has 30 heavy (non-hydrogen) atoms. The summed E-state index contributed by atoms with van der Waals surface area (Å²) in [6.07, 6.45) is 1.55. The predicted molar refractivity (Wildman–Crippen MR) is 111 cm³/mol. The molecule has 0 N–H and O–H groups in total. The van der Waals surface area contributed by atoms with Crippen molar-refractivity contribution in [2.75, 3.05) is 47.0 Å². The van der Waals surface area contributed by atoms with Crippen LogP contribution >= 0.6 is 0 Å². The van der Waals surface area contributed by atoms with Crippen LogP contribution in [-0.2, 0) is 16.2 Å². The molecule has 1 fully saturated rings. The van der Waals surface area contributed by atoms with Gasteiger partial charge in [-0.2, -0.15) is 0 Å². The number of halogens is 1. The van der Waals surface area contributed by atoms with Crippen molar-refractivity contribution in [1.82, 2.24) is 9.80 Å². The number of carbonyl (C=O) groups is 1. The average molecular weight is 415 g/mol. The molecule has 0 aliphatic carbocycles. The minimum atomic E-state index is -0.285. The molecule has 0 radical (unpaired) electrons. The number of piperazine rings is 1. The van der Waals surface area contributed by atoms with E-state index < -0.39 is 0 Å². The Bertz CT molecular complexity index is 865. The summed E-state index contributed by atoms with van der Waals surface area (Å²) in [5.74, 6) is 1.04. The molecular formula is C22H26FN3O4. The van der Waals surface area contributed by atoms with Gasteiger partial charge in [-0.1, -0.05) is 5.16 Å². The van der Waals surface area contributed by atoms with Crippen molar-refractivity contribution in [3.63, 3.8) is 0 Å². The molecule has 0 saturated carbocycles. The lowest BCUT2D eigenvalue weighted by atomic mass is 10.1. The van der Waals surface area contributed by atoms with E-state index in [0.717, 1.165) is 16.9 Å². The summed E-state index contributed by atoms with van der Waals surface area (Å²) >= 11 is 0. The van der Waals surface area contributed by atoms with Crippen molar-refractivity contribution in [3.05, 3.63) is 59.4 Å². The zero-order chi connectivity index (χ0) is 21.3. The Morgan fingerprint density at radius 3 is 2.47 bits per heavy atom. The van der Waals surface area contributed by atoms with Gasteiger partial charge in [0.25, 0.3) is 5.91 Å². The van der Waals surface area contributed by atoms with Crippen LogP contribution in [0.1, 0.15) is 11.1 Å². The normalized spacial score (nSPS) is 14.7. The molecule has 1 aliphatic heterocycles. The molecule has 1 heterocycles. The molecule has 0 unspecified atom stereocenters. The second-order valence-corrected chi connectivity index (χ2v) is 6.89. The molecule has 2 aromatic rings. The highest BCUT2D eigenvalue weighted by atomic mass is 19.1. The Kier molecular flexibility index (Phi) is 7.62. The number of oxime groups is 1. The van der Waals surface area contributed by atoms with E-state index in [9.17, 15) is 9.18 Å².